The lowest BCUT2D eigenvalue weighted by atomic mass is 10.1. The van der Waals surface area contributed by atoms with E-state index in [0.29, 0.717) is 22.6 Å². The van der Waals surface area contributed by atoms with Crippen LogP contribution in [0, 0.1) is 10.1 Å². The molecule has 1 aromatic carbocycles. The van der Waals surface area contributed by atoms with Crippen molar-refractivity contribution in [3.05, 3.63) is 33.9 Å². The van der Waals surface area contributed by atoms with Crippen molar-refractivity contribution in [2.24, 2.45) is 0 Å². The van der Waals surface area contributed by atoms with Gasteiger partial charge in [0.25, 0.3) is 5.69 Å². The number of carbonyl (C=O) groups is 1. The molecule has 0 heterocycles. The summed E-state index contributed by atoms with van der Waals surface area (Å²) in [5.74, 6) is 0.315. The number of hydrogen-bond acceptors (Lipinski definition) is 5. The van der Waals surface area contributed by atoms with E-state index in [1.54, 1.807) is 6.92 Å². The second-order valence-electron chi connectivity index (χ2n) is 3.29. The predicted molar refractivity (Wildman–Crippen MR) is 65.5 cm³/mol. The molecule has 5 nitrogen and oxygen atoms in total. The molecule has 0 aromatic heterocycles. The lowest BCUT2D eigenvalue weighted by Gasteiger charge is -2.04. The number of nitro benzene ring substituents is 1. The maximum atomic E-state index is 11.5. The van der Waals surface area contributed by atoms with E-state index in [1.165, 1.54) is 30.0 Å². The van der Waals surface area contributed by atoms with Gasteiger partial charge in [0, 0.05) is 23.8 Å². The maximum Gasteiger partial charge on any atom is 0.282 e. The van der Waals surface area contributed by atoms with Crippen LogP contribution in [0.5, 0.6) is 0 Å². The summed E-state index contributed by atoms with van der Waals surface area (Å²) in [6.07, 6.45) is 0.363. The van der Waals surface area contributed by atoms with Crippen LogP contribution in [0.25, 0.3) is 0 Å². The molecule has 1 rings (SSSR count). The van der Waals surface area contributed by atoms with E-state index in [0.717, 1.165) is 0 Å². The fraction of sp³-hybridized carbons (Fsp3) is 0.364. The van der Waals surface area contributed by atoms with Crippen molar-refractivity contribution in [1.29, 1.82) is 0 Å². The largest absolute Gasteiger partial charge is 0.396 e. The number of aliphatic hydroxyl groups excluding tert-OH is 1. The highest BCUT2D eigenvalue weighted by atomic mass is 32.2. The van der Waals surface area contributed by atoms with Gasteiger partial charge in [0.15, 0.2) is 5.78 Å². The molecule has 0 fully saturated rings. The number of Topliss-reactive ketones (excluding diaryl/α,β-unsaturated/α-hetero) is 1. The molecule has 0 saturated heterocycles. The zero-order chi connectivity index (χ0) is 12.8. The average molecular weight is 255 g/mol. The van der Waals surface area contributed by atoms with E-state index >= 15 is 0 Å². The van der Waals surface area contributed by atoms with Crippen LogP contribution in [0.4, 0.5) is 5.69 Å². The van der Waals surface area contributed by atoms with Crippen LogP contribution in [0.15, 0.2) is 23.1 Å². The van der Waals surface area contributed by atoms with Gasteiger partial charge in [0.2, 0.25) is 0 Å². The molecule has 0 atom stereocenters. The topological polar surface area (TPSA) is 80.4 Å². The average Bonchev–Trinajstić information content (AvgIpc) is 2.34. The molecule has 1 aromatic rings. The van der Waals surface area contributed by atoms with Gasteiger partial charge in [0.05, 0.1) is 16.4 Å². The Bertz CT molecular complexity index is 433. The second-order valence-corrected chi connectivity index (χ2v) is 4.43. The molecule has 6 heteroatoms. The van der Waals surface area contributed by atoms with Crippen LogP contribution in [-0.2, 0) is 0 Å². The normalized spacial score (nSPS) is 10.2. The lowest BCUT2D eigenvalue weighted by molar-refractivity contribution is -0.387. The molecule has 0 aliphatic heterocycles. The summed E-state index contributed by atoms with van der Waals surface area (Å²) in [5.41, 5.74) is 0.439. The number of rotatable bonds is 6. The Balaban J connectivity index is 3.09. The number of aliphatic hydroxyl groups is 1. The molecule has 92 valence electrons. The minimum Gasteiger partial charge on any atom is -0.396 e. The number of ketones is 1. The monoisotopic (exact) mass is 255 g/mol. The van der Waals surface area contributed by atoms with E-state index in [4.69, 9.17) is 5.11 Å². The first-order valence-electron chi connectivity index (χ1n) is 5.15. The number of benzene rings is 1. The van der Waals surface area contributed by atoms with Crippen LogP contribution in [0.1, 0.15) is 23.7 Å². The molecular formula is C11H13NO4S. The number of nitro groups is 1. The first kappa shape index (κ1) is 13.7. The highest BCUT2D eigenvalue weighted by Crippen LogP contribution is 2.30. The summed E-state index contributed by atoms with van der Waals surface area (Å²) >= 11 is 1.17. The Morgan fingerprint density at radius 1 is 1.53 bits per heavy atom. The second kappa shape index (κ2) is 6.36. The van der Waals surface area contributed by atoms with Gasteiger partial charge in [-0.25, -0.2) is 0 Å². The molecular weight excluding hydrogens is 242 g/mol. The zero-order valence-electron chi connectivity index (χ0n) is 9.38. The van der Waals surface area contributed by atoms with Crippen molar-refractivity contribution in [2.75, 3.05) is 12.4 Å². The summed E-state index contributed by atoms with van der Waals surface area (Å²) < 4.78 is 0. The van der Waals surface area contributed by atoms with Crippen molar-refractivity contribution in [3.8, 4) is 0 Å². The molecule has 0 bridgehead atoms. The van der Waals surface area contributed by atoms with E-state index in [1.807, 2.05) is 0 Å². The fourth-order valence-corrected chi connectivity index (χ4v) is 2.13. The minimum absolute atomic E-state index is 0.0314. The Morgan fingerprint density at radius 3 is 2.76 bits per heavy atom. The molecule has 17 heavy (non-hydrogen) atoms. The van der Waals surface area contributed by atoms with Crippen LogP contribution in [0.2, 0.25) is 0 Å². The van der Waals surface area contributed by atoms with Gasteiger partial charge in [-0.3, -0.25) is 14.9 Å². The lowest BCUT2D eigenvalue weighted by Crippen LogP contribution is -1.99. The van der Waals surface area contributed by atoms with Crippen molar-refractivity contribution in [2.45, 2.75) is 18.2 Å². The van der Waals surface area contributed by atoms with E-state index in [-0.39, 0.29) is 18.1 Å². The van der Waals surface area contributed by atoms with E-state index in [9.17, 15) is 14.9 Å². The third-order valence-corrected chi connectivity index (χ3v) is 3.17. The molecule has 0 aliphatic carbocycles. The predicted octanol–water partition coefficient (Wildman–Crippen LogP) is 2.27. The SMILES string of the molecule is CCC(=O)c1ccc([N+](=O)[O-])c(SCCO)c1. The first-order chi connectivity index (χ1) is 8.10. The molecule has 0 saturated carbocycles. The van der Waals surface area contributed by atoms with E-state index < -0.39 is 4.92 Å². The fourth-order valence-electron chi connectivity index (χ4n) is 1.31. The summed E-state index contributed by atoms with van der Waals surface area (Å²) in [7, 11) is 0. The van der Waals surface area contributed by atoms with E-state index in [2.05, 4.69) is 0 Å². The highest BCUT2D eigenvalue weighted by Gasteiger charge is 2.16. The summed E-state index contributed by atoms with van der Waals surface area (Å²) in [5, 5.41) is 19.5. The molecule has 0 amide bonds. The smallest absolute Gasteiger partial charge is 0.282 e. The standard InChI is InChI=1S/C11H13NO4S/c1-2-10(14)8-3-4-9(12(15)16)11(7-8)17-6-5-13/h3-4,7,13H,2,5-6H2,1H3. The molecule has 1 N–H and O–H groups in total. The number of hydrogen-bond donors (Lipinski definition) is 1. The van der Waals surface area contributed by atoms with Gasteiger partial charge in [0.1, 0.15) is 0 Å². The molecule has 0 spiro atoms. The molecule has 0 radical (unpaired) electrons. The summed E-state index contributed by atoms with van der Waals surface area (Å²) in [6, 6.07) is 4.32. The van der Waals surface area contributed by atoms with Crippen molar-refractivity contribution < 1.29 is 14.8 Å². The molecule has 0 aliphatic rings. The highest BCUT2D eigenvalue weighted by molar-refractivity contribution is 7.99. The Hall–Kier alpha value is -1.40. The van der Waals surface area contributed by atoms with Gasteiger partial charge in [-0.1, -0.05) is 6.92 Å². The first-order valence-corrected chi connectivity index (χ1v) is 6.14. The summed E-state index contributed by atoms with van der Waals surface area (Å²) in [4.78, 5) is 22.2. The summed E-state index contributed by atoms with van der Waals surface area (Å²) in [6.45, 7) is 1.68. The van der Waals surface area contributed by atoms with Crippen molar-refractivity contribution in [3.63, 3.8) is 0 Å². The van der Waals surface area contributed by atoms with Crippen LogP contribution < -0.4 is 0 Å². The van der Waals surface area contributed by atoms with Crippen LogP contribution in [-0.4, -0.2) is 28.2 Å². The Morgan fingerprint density at radius 2 is 2.24 bits per heavy atom. The quantitative estimate of drug-likeness (QED) is 0.365. The van der Waals surface area contributed by atoms with Gasteiger partial charge < -0.3 is 5.11 Å². The third-order valence-electron chi connectivity index (χ3n) is 2.15. The maximum absolute atomic E-state index is 11.5. The number of carbonyl (C=O) groups excluding carboxylic acids is 1. The number of nitrogens with zero attached hydrogens (tertiary/aromatic N) is 1. The molecule has 0 unspecified atom stereocenters. The third kappa shape index (κ3) is 3.54. The van der Waals surface area contributed by atoms with Gasteiger partial charge in [-0.05, 0) is 12.1 Å². The Kier molecular flexibility index (Phi) is 5.11. The van der Waals surface area contributed by atoms with Crippen LogP contribution >= 0.6 is 11.8 Å². The minimum atomic E-state index is -0.486. The van der Waals surface area contributed by atoms with Gasteiger partial charge in [-0.15, -0.1) is 11.8 Å². The number of thioether (sulfide) groups is 1. The van der Waals surface area contributed by atoms with Crippen molar-refractivity contribution in [1.82, 2.24) is 0 Å². The van der Waals surface area contributed by atoms with Crippen LogP contribution in [0.3, 0.4) is 0 Å². The van der Waals surface area contributed by atoms with Crippen molar-refractivity contribution >= 4 is 23.2 Å². The Labute approximate surface area is 103 Å². The van der Waals surface area contributed by atoms with Gasteiger partial charge in [-0.2, -0.15) is 0 Å². The van der Waals surface area contributed by atoms with Gasteiger partial charge >= 0.3 is 0 Å². The zero-order valence-corrected chi connectivity index (χ0v) is 10.2.